The van der Waals surface area contributed by atoms with Gasteiger partial charge in [-0.25, -0.2) is 0 Å². The lowest BCUT2D eigenvalue weighted by Gasteiger charge is -1.98. The molecular formula is C4H5N4S. The SMILES string of the molecule is [NH]C(=S)Nn1cccn1. The summed E-state index contributed by atoms with van der Waals surface area (Å²) in [6, 6.07) is 1.74. The van der Waals surface area contributed by atoms with Gasteiger partial charge in [-0.15, -0.1) is 0 Å². The highest BCUT2D eigenvalue weighted by Gasteiger charge is 1.86. The number of aromatic nitrogens is 2. The van der Waals surface area contributed by atoms with E-state index < -0.39 is 0 Å². The Balaban J connectivity index is 2.58. The van der Waals surface area contributed by atoms with Gasteiger partial charge in [0.2, 0.25) is 5.11 Å². The predicted molar refractivity (Wildman–Crippen MR) is 37.3 cm³/mol. The first-order valence-corrected chi connectivity index (χ1v) is 2.72. The summed E-state index contributed by atoms with van der Waals surface area (Å²) in [7, 11) is 0. The van der Waals surface area contributed by atoms with Gasteiger partial charge in [0, 0.05) is 6.20 Å². The van der Waals surface area contributed by atoms with Crippen LogP contribution in [0.4, 0.5) is 0 Å². The second-order valence-electron chi connectivity index (χ2n) is 1.39. The summed E-state index contributed by atoms with van der Waals surface area (Å²) < 4.78 is 0. The fraction of sp³-hybridized carbons (Fsp3) is 0. The quantitative estimate of drug-likeness (QED) is 0.560. The Kier molecular flexibility index (Phi) is 1.64. The van der Waals surface area contributed by atoms with Gasteiger partial charge in [0.1, 0.15) is 0 Å². The van der Waals surface area contributed by atoms with Crippen LogP contribution in [-0.2, 0) is 0 Å². The van der Waals surface area contributed by atoms with Crippen LogP contribution in [0.25, 0.3) is 0 Å². The van der Waals surface area contributed by atoms with Gasteiger partial charge in [-0.2, -0.15) is 9.89 Å². The fourth-order valence-corrected chi connectivity index (χ4v) is 0.533. The Morgan fingerprint density at radius 2 is 2.56 bits per heavy atom. The molecule has 0 aromatic carbocycles. The first kappa shape index (κ1) is 6.03. The Morgan fingerprint density at radius 3 is 3.00 bits per heavy atom. The Hall–Kier alpha value is -1.10. The molecule has 1 rings (SSSR count). The molecule has 47 valence electrons. The van der Waals surface area contributed by atoms with Crippen LogP contribution >= 0.6 is 12.2 Å². The molecule has 1 radical (unpaired) electrons. The molecule has 0 aliphatic carbocycles. The zero-order valence-corrected chi connectivity index (χ0v) is 5.35. The Morgan fingerprint density at radius 1 is 1.78 bits per heavy atom. The van der Waals surface area contributed by atoms with Gasteiger partial charge in [-0.05, 0) is 18.3 Å². The number of nitrogens with one attached hydrogen (secondary N) is 2. The van der Waals surface area contributed by atoms with Crippen LogP contribution in [0.3, 0.4) is 0 Å². The van der Waals surface area contributed by atoms with Crippen LogP contribution in [0.2, 0.25) is 0 Å². The smallest absolute Gasteiger partial charge is 0.205 e. The molecule has 2 N–H and O–H groups in total. The summed E-state index contributed by atoms with van der Waals surface area (Å²) in [4.78, 5) is 1.37. The van der Waals surface area contributed by atoms with Crippen molar-refractivity contribution in [2.75, 3.05) is 5.43 Å². The van der Waals surface area contributed by atoms with Crippen LogP contribution in [0.1, 0.15) is 0 Å². The molecule has 0 fully saturated rings. The highest BCUT2D eigenvalue weighted by molar-refractivity contribution is 7.80. The van der Waals surface area contributed by atoms with Crippen LogP contribution in [0, 0.1) is 0 Å². The molecule has 0 saturated heterocycles. The topological polar surface area (TPSA) is 53.6 Å². The standard InChI is InChI=1S/C4H5N4S/c5-4(9)7-8-3-1-2-6-8/h1-3,5H,(H,7,9). The van der Waals surface area contributed by atoms with Gasteiger partial charge in [0.25, 0.3) is 0 Å². The predicted octanol–water partition coefficient (Wildman–Crippen LogP) is -0.00560. The third-order valence-corrected chi connectivity index (χ3v) is 0.812. The largest absolute Gasteiger partial charge is 0.273 e. The zero-order valence-electron chi connectivity index (χ0n) is 4.53. The van der Waals surface area contributed by atoms with Gasteiger partial charge in [0.05, 0.1) is 6.20 Å². The molecule has 0 amide bonds. The van der Waals surface area contributed by atoms with Crippen molar-refractivity contribution in [3.63, 3.8) is 0 Å². The minimum atomic E-state index is -0.0429. The lowest BCUT2D eigenvalue weighted by atomic mass is 10.8. The van der Waals surface area contributed by atoms with E-state index in [1.807, 2.05) is 0 Å². The van der Waals surface area contributed by atoms with E-state index in [1.165, 1.54) is 4.79 Å². The molecule has 0 spiro atoms. The van der Waals surface area contributed by atoms with Crippen LogP contribution in [-0.4, -0.2) is 15.0 Å². The molecule has 5 heteroatoms. The van der Waals surface area contributed by atoms with Gasteiger partial charge in [0.15, 0.2) is 0 Å². The van der Waals surface area contributed by atoms with E-state index in [4.69, 9.17) is 5.73 Å². The zero-order chi connectivity index (χ0) is 6.69. The van der Waals surface area contributed by atoms with E-state index in [9.17, 15) is 0 Å². The molecule has 0 atom stereocenters. The molecule has 0 bridgehead atoms. The van der Waals surface area contributed by atoms with Crippen molar-refractivity contribution in [2.24, 2.45) is 0 Å². The summed E-state index contributed by atoms with van der Waals surface area (Å²) in [6.07, 6.45) is 3.27. The summed E-state index contributed by atoms with van der Waals surface area (Å²) in [6.45, 7) is 0. The number of nitrogens with zero attached hydrogens (tertiary/aromatic N) is 2. The van der Waals surface area contributed by atoms with E-state index in [2.05, 4.69) is 22.7 Å². The molecule has 0 saturated carbocycles. The maximum absolute atomic E-state index is 6.81. The third-order valence-electron chi connectivity index (χ3n) is 0.720. The van der Waals surface area contributed by atoms with E-state index in [0.717, 1.165) is 0 Å². The van der Waals surface area contributed by atoms with Crippen molar-refractivity contribution >= 4 is 17.3 Å². The van der Waals surface area contributed by atoms with Gasteiger partial charge >= 0.3 is 0 Å². The maximum Gasteiger partial charge on any atom is 0.205 e. The molecule has 0 unspecified atom stereocenters. The average Bonchev–Trinajstić information content (AvgIpc) is 2.15. The van der Waals surface area contributed by atoms with E-state index in [-0.39, 0.29) is 5.11 Å². The first-order chi connectivity index (χ1) is 4.29. The Labute approximate surface area is 57.6 Å². The molecule has 0 aliphatic rings. The van der Waals surface area contributed by atoms with Crippen LogP contribution in [0.15, 0.2) is 18.5 Å². The fourth-order valence-electron chi connectivity index (χ4n) is 0.439. The second kappa shape index (κ2) is 2.45. The molecule has 1 aromatic rings. The molecular weight excluding hydrogens is 136 g/mol. The Bertz CT molecular complexity index is 192. The van der Waals surface area contributed by atoms with Crippen molar-refractivity contribution in [2.45, 2.75) is 0 Å². The lowest BCUT2D eigenvalue weighted by Crippen LogP contribution is -2.21. The van der Waals surface area contributed by atoms with E-state index >= 15 is 0 Å². The van der Waals surface area contributed by atoms with E-state index in [0.29, 0.717) is 0 Å². The highest BCUT2D eigenvalue weighted by atomic mass is 32.1. The maximum atomic E-state index is 6.81. The first-order valence-electron chi connectivity index (χ1n) is 2.31. The van der Waals surface area contributed by atoms with Crippen molar-refractivity contribution in [3.8, 4) is 0 Å². The minimum absolute atomic E-state index is 0.0429. The highest BCUT2D eigenvalue weighted by Crippen LogP contribution is 1.77. The van der Waals surface area contributed by atoms with Gasteiger partial charge in [-0.1, -0.05) is 0 Å². The van der Waals surface area contributed by atoms with Crippen LogP contribution in [0.5, 0.6) is 0 Å². The number of thiocarbonyl (C=S) groups is 1. The van der Waals surface area contributed by atoms with Gasteiger partial charge in [-0.3, -0.25) is 11.2 Å². The lowest BCUT2D eigenvalue weighted by molar-refractivity contribution is 0.815. The summed E-state index contributed by atoms with van der Waals surface area (Å²) >= 11 is 4.44. The number of rotatable bonds is 1. The minimum Gasteiger partial charge on any atom is -0.273 e. The van der Waals surface area contributed by atoms with Crippen molar-refractivity contribution < 1.29 is 0 Å². The second-order valence-corrected chi connectivity index (χ2v) is 1.80. The summed E-state index contributed by atoms with van der Waals surface area (Å²) in [5, 5.41) is 3.71. The third kappa shape index (κ3) is 1.69. The number of hydrogen-bond donors (Lipinski definition) is 1. The molecule has 0 aliphatic heterocycles. The van der Waals surface area contributed by atoms with Crippen molar-refractivity contribution in [3.05, 3.63) is 18.5 Å². The summed E-state index contributed by atoms with van der Waals surface area (Å²) in [5.41, 5.74) is 9.30. The normalized spacial score (nSPS) is 8.89. The summed E-state index contributed by atoms with van der Waals surface area (Å²) in [5.74, 6) is 0. The van der Waals surface area contributed by atoms with Gasteiger partial charge < -0.3 is 0 Å². The molecule has 1 heterocycles. The monoisotopic (exact) mass is 141 g/mol. The molecule has 4 nitrogen and oxygen atoms in total. The van der Waals surface area contributed by atoms with E-state index in [1.54, 1.807) is 18.5 Å². The average molecular weight is 141 g/mol. The van der Waals surface area contributed by atoms with Crippen molar-refractivity contribution in [1.29, 1.82) is 0 Å². The van der Waals surface area contributed by atoms with Crippen molar-refractivity contribution in [1.82, 2.24) is 15.6 Å². The number of hydrogen-bond acceptors (Lipinski definition) is 2. The van der Waals surface area contributed by atoms with Crippen LogP contribution < -0.4 is 11.2 Å². The molecule has 1 aromatic heterocycles. The molecule has 9 heavy (non-hydrogen) atoms.